The third-order valence-corrected chi connectivity index (χ3v) is 5.09. The van der Waals surface area contributed by atoms with E-state index in [2.05, 4.69) is 20.4 Å². The first-order chi connectivity index (χ1) is 16.9. The van der Waals surface area contributed by atoms with Crippen molar-refractivity contribution >= 4 is 34.3 Å². The standard InChI is InChI=1S/C26H22FN3O5/c1-33-20-10-7-18(8-11-20)28-26(32)29-19-9-12-22-21(13-19)24(35-15-25(31)34-2)14-23(30-22)16-3-5-17(27)6-4-16/h3-14H,15H2,1-2H3,(H2,28,29,32). The van der Waals surface area contributed by atoms with Gasteiger partial charge in [0.2, 0.25) is 0 Å². The molecule has 1 heterocycles. The van der Waals surface area contributed by atoms with Crippen LogP contribution in [0.25, 0.3) is 22.2 Å². The summed E-state index contributed by atoms with van der Waals surface area (Å²) < 4.78 is 28.8. The summed E-state index contributed by atoms with van der Waals surface area (Å²) in [6.07, 6.45) is 0. The monoisotopic (exact) mass is 475 g/mol. The van der Waals surface area contributed by atoms with E-state index in [0.717, 1.165) is 0 Å². The highest BCUT2D eigenvalue weighted by molar-refractivity contribution is 6.01. The predicted molar refractivity (Wildman–Crippen MR) is 130 cm³/mol. The molecule has 0 spiro atoms. The van der Waals surface area contributed by atoms with E-state index in [4.69, 9.17) is 9.47 Å². The van der Waals surface area contributed by atoms with Crippen molar-refractivity contribution in [3.8, 4) is 22.8 Å². The molecule has 4 rings (SSSR count). The van der Waals surface area contributed by atoms with Crippen molar-refractivity contribution in [2.24, 2.45) is 0 Å². The lowest BCUT2D eigenvalue weighted by atomic mass is 10.1. The number of amides is 2. The van der Waals surface area contributed by atoms with Gasteiger partial charge in [-0.1, -0.05) is 0 Å². The molecule has 0 bridgehead atoms. The molecule has 0 saturated carbocycles. The summed E-state index contributed by atoms with van der Waals surface area (Å²) in [5.74, 6) is 0.128. The van der Waals surface area contributed by atoms with Gasteiger partial charge in [-0.15, -0.1) is 0 Å². The lowest BCUT2D eigenvalue weighted by molar-refractivity contribution is -0.142. The molecule has 178 valence electrons. The zero-order chi connectivity index (χ0) is 24.8. The minimum absolute atomic E-state index is 0.311. The number of nitrogens with zero attached hydrogens (tertiary/aromatic N) is 1. The minimum atomic E-state index is -0.550. The van der Waals surface area contributed by atoms with Crippen LogP contribution in [-0.2, 0) is 9.53 Å². The van der Waals surface area contributed by atoms with E-state index < -0.39 is 12.0 Å². The fourth-order valence-electron chi connectivity index (χ4n) is 3.32. The highest BCUT2D eigenvalue weighted by Gasteiger charge is 2.13. The van der Waals surface area contributed by atoms with Gasteiger partial charge in [0.05, 0.1) is 25.4 Å². The van der Waals surface area contributed by atoms with Crippen LogP contribution in [0.3, 0.4) is 0 Å². The van der Waals surface area contributed by atoms with Crippen molar-refractivity contribution in [3.63, 3.8) is 0 Å². The number of esters is 1. The summed E-state index contributed by atoms with van der Waals surface area (Å²) >= 11 is 0. The van der Waals surface area contributed by atoms with Gasteiger partial charge in [0.15, 0.2) is 6.61 Å². The van der Waals surface area contributed by atoms with Crippen molar-refractivity contribution in [3.05, 3.63) is 78.6 Å². The number of benzene rings is 3. The second kappa shape index (κ2) is 10.5. The Bertz CT molecular complexity index is 1360. The smallest absolute Gasteiger partial charge is 0.343 e. The van der Waals surface area contributed by atoms with Gasteiger partial charge in [0.25, 0.3) is 0 Å². The molecule has 2 amide bonds. The third-order valence-electron chi connectivity index (χ3n) is 5.09. The summed E-state index contributed by atoms with van der Waals surface area (Å²) in [7, 11) is 2.83. The third kappa shape index (κ3) is 5.83. The van der Waals surface area contributed by atoms with Gasteiger partial charge in [-0.25, -0.2) is 19.0 Å². The molecular weight excluding hydrogens is 453 g/mol. The van der Waals surface area contributed by atoms with Crippen LogP contribution in [0.4, 0.5) is 20.6 Å². The second-order valence-electron chi connectivity index (χ2n) is 7.42. The number of rotatable bonds is 7. The van der Waals surface area contributed by atoms with Crippen LogP contribution in [0.1, 0.15) is 0 Å². The highest BCUT2D eigenvalue weighted by atomic mass is 19.1. The van der Waals surface area contributed by atoms with Crippen molar-refractivity contribution in [2.45, 2.75) is 0 Å². The first-order valence-electron chi connectivity index (χ1n) is 10.6. The fourth-order valence-corrected chi connectivity index (χ4v) is 3.32. The summed E-state index contributed by atoms with van der Waals surface area (Å²) in [5.41, 5.74) is 2.86. The number of carbonyl (C=O) groups is 2. The minimum Gasteiger partial charge on any atom is -0.497 e. The number of ether oxygens (including phenoxy) is 3. The average molecular weight is 475 g/mol. The Balaban J connectivity index is 1.62. The van der Waals surface area contributed by atoms with E-state index in [1.165, 1.54) is 19.2 Å². The number of halogens is 1. The largest absolute Gasteiger partial charge is 0.497 e. The normalized spacial score (nSPS) is 10.5. The molecule has 1 aromatic heterocycles. The lowest BCUT2D eigenvalue weighted by Crippen LogP contribution is -2.19. The fraction of sp³-hybridized carbons (Fsp3) is 0.115. The highest BCUT2D eigenvalue weighted by Crippen LogP contribution is 2.32. The van der Waals surface area contributed by atoms with Crippen LogP contribution in [0, 0.1) is 5.82 Å². The lowest BCUT2D eigenvalue weighted by Gasteiger charge is -2.13. The summed E-state index contributed by atoms with van der Waals surface area (Å²) in [5, 5.41) is 6.08. The number of fused-ring (bicyclic) bond motifs is 1. The molecule has 0 fully saturated rings. The molecule has 35 heavy (non-hydrogen) atoms. The number of nitrogens with one attached hydrogen (secondary N) is 2. The number of carbonyl (C=O) groups excluding carboxylic acids is 2. The Kier molecular flexibility index (Phi) is 7.06. The molecule has 9 heteroatoms. The Morgan fingerprint density at radius 2 is 1.57 bits per heavy atom. The molecule has 3 aromatic carbocycles. The molecule has 0 aliphatic heterocycles. The van der Waals surface area contributed by atoms with E-state index in [1.54, 1.807) is 67.8 Å². The molecular formula is C26H22FN3O5. The molecule has 0 aliphatic rings. The van der Waals surface area contributed by atoms with Crippen molar-refractivity contribution in [1.29, 1.82) is 0 Å². The average Bonchev–Trinajstić information content (AvgIpc) is 2.87. The maximum atomic E-state index is 13.4. The molecule has 0 saturated heterocycles. The van der Waals surface area contributed by atoms with E-state index in [0.29, 0.717) is 45.0 Å². The van der Waals surface area contributed by atoms with Gasteiger partial charge in [0.1, 0.15) is 17.3 Å². The number of anilines is 2. The van der Waals surface area contributed by atoms with E-state index in [9.17, 15) is 14.0 Å². The van der Waals surface area contributed by atoms with Crippen LogP contribution in [0.15, 0.2) is 72.8 Å². The molecule has 4 aromatic rings. The van der Waals surface area contributed by atoms with Crippen LogP contribution in [0.2, 0.25) is 0 Å². The number of pyridine rings is 1. The van der Waals surface area contributed by atoms with Crippen molar-refractivity contribution < 1.29 is 28.2 Å². The van der Waals surface area contributed by atoms with Gasteiger partial charge < -0.3 is 24.8 Å². The molecule has 0 atom stereocenters. The summed E-state index contributed by atoms with van der Waals surface area (Å²) in [6, 6.07) is 19.1. The van der Waals surface area contributed by atoms with Gasteiger partial charge >= 0.3 is 12.0 Å². The number of urea groups is 1. The quantitative estimate of drug-likeness (QED) is 0.355. The molecule has 0 radical (unpaired) electrons. The predicted octanol–water partition coefficient (Wildman–Crippen LogP) is 5.25. The van der Waals surface area contributed by atoms with Crippen LogP contribution in [0.5, 0.6) is 11.5 Å². The Morgan fingerprint density at radius 3 is 2.26 bits per heavy atom. The maximum Gasteiger partial charge on any atom is 0.343 e. The Hall–Kier alpha value is -4.66. The van der Waals surface area contributed by atoms with Crippen molar-refractivity contribution in [2.75, 3.05) is 31.5 Å². The zero-order valence-electron chi connectivity index (χ0n) is 19.0. The number of hydrogen-bond acceptors (Lipinski definition) is 6. The van der Waals surface area contributed by atoms with E-state index in [-0.39, 0.29) is 12.4 Å². The molecule has 2 N–H and O–H groups in total. The number of methoxy groups -OCH3 is 2. The van der Waals surface area contributed by atoms with Gasteiger partial charge in [-0.2, -0.15) is 0 Å². The van der Waals surface area contributed by atoms with E-state index >= 15 is 0 Å². The number of hydrogen-bond donors (Lipinski definition) is 2. The first kappa shape index (κ1) is 23.5. The summed E-state index contributed by atoms with van der Waals surface area (Å²) in [6.45, 7) is -0.311. The number of aromatic nitrogens is 1. The van der Waals surface area contributed by atoms with Gasteiger partial charge in [0, 0.05) is 28.4 Å². The van der Waals surface area contributed by atoms with Gasteiger partial charge in [-0.05, 0) is 66.7 Å². The van der Waals surface area contributed by atoms with Gasteiger partial charge in [-0.3, -0.25) is 0 Å². The molecule has 0 aliphatic carbocycles. The zero-order valence-corrected chi connectivity index (χ0v) is 19.0. The Labute approximate surface area is 200 Å². The summed E-state index contributed by atoms with van der Waals surface area (Å²) in [4.78, 5) is 28.8. The van der Waals surface area contributed by atoms with E-state index in [1.807, 2.05) is 0 Å². The Morgan fingerprint density at radius 1 is 0.886 bits per heavy atom. The topological polar surface area (TPSA) is 98.8 Å². The second-order valence-corrected chi connectivity index (χ2v) is 7.42. The molecule has 0 unspecified atom stereocenters. The van der Waals surface area contributed by atoms with Crippen LogP contribution in [-0.4, -0.2) is 37.8 Å². The maximum absolute atomic E-state index is 13.4. The SMILES string of the molecule is COC(=O)COc1cc(-c2ccc(F)cc2)nc2ccc(NC(=O)Nc3ccc(OC)cc3)cc12. The molecule has 8 nitrogen and oxygen atoms in total. The van der Waals surface area contributed by atoms with Crippen LogP contribution >= 0.6 is 0 Å². The van der Waals surface area contributed by atoms with Crippen molar-refractivity contribution in [1.82, 2.24) is 4.98 Å². The van der Waals surface area contributed by atoms with Crippen LogP contribution < -0.4 is 20.1 Å². The first-order valence-corrected chi connectivity index (χ1v) is 10.6.